The zero-order chi connectivity index (χ0) is 15.5. The third kappa shape index (κ3) is 5.89. The van der Waals surface area contributed by atoms with Crippen LogP contribution >= 0.6 is 0 Å². The van der Waals surface area contributed by atoms with Crippen LogP contribution in [0.4, 0.5) is 0 Å². The van der Waals surface area contributed by atoms with Gasteiger partial charge in [0.05, 0.1) is 0 Å². The van der Waals surface area contributed by atoms with Crippen LogP contribution in [0, 0.1) is 5.92 Å². The molecule has 0 atom stereocenters. The van der Waals surface area contributed by atoms with Crippen LogP contribution in [-0.4, -0.2) is 0 Å². The minimum absolute atomic E-state index is 1.02. The van der Waals surface area contributed by atoms with Gasteiger partial charge in [0.1, 0.15) is 0 Å². The van der Waals surface area contributed by atoms with Gasteiger partial charge in [0.25, 0.3) is 0 Å². The van der Waals surface area contributed by atoms with Gasteiger partial charge in [-0.1, -0.05) is 105 Å². The standard InChI is InChI=1S/C12H10.C10H18/c1-3-7-11(8-4-1)12-9-5-2-6-10-12;1-2-3-7-10-8-5-4-6-9-10/h1-10H;2-3,10H,4-9H2,1H3. The smallest absolute Gasteiger partial charge is 0.0184 e. The summed E-state index contributed by atoms with van der Waals surface area (Å²) in [5.74, 6) is 1.02. The molecule has 0 heterocycles. The van der Waals surface area contributed by atoms with Crippen molar-refractivity contribution in [1.29, 1.82) is 0 Å². The first-order valence-corrected chi connectivity index (χ1v) is 8.62. The lowest BCUT2D eigenvalue weighted by Gasteiger charge is -2.19. The van der Waals surface area contributed by atoms with E-state index in [0.717, 1.165) is 5.92 Å². The number of allylic oxidation sites excluding steroid dienone is 2. The third-order valence-electron chi connectivity index (χ3n) is 4.31. The molecule has 116 valence electrons. The molecule has 0 radical (unpaired) electrons. The molecule has 1 fully saturated rings. The van der Waals surface area contributed by atoms with Gasteiger partial charge in [-0.15, -0.1) is 0 Å². The molecule has 0 nitrogen and oxygen atoms in total. The highest BCUT2D eigenvalue weighted by molar-refractivity contribution is 5.62. The van der Waals surface area contributed by atoms with Crippen LogP contribution in [0.3, 0.4) is 0 Å². The second kappa shape index (κ2) is 10.00. The summed E-state index contributed by atoms with van der Waals surface area (Å²) >= 11 is 0. The van der Waals surface area contributed by atoms with Gasteiger partial charge < -0.3 is 0 Å². The first-order chi connectivity index (χ1) is 10.9. The lowest BCUT2D eigenvalue weighted by Crippen LogP contribution is -2.04. The average molecular weight is 292 g/mol. The Hall–Kier alpha value is -1.82. The Kier molecular flexibility index (Phi) is 7.52. The van der Waals surface area contributed by atoms with E-state index in [9.17, 15) is 0 Å². The van der Waals surface area contributed by atoms with Crippen LogP contribution in [0.25, 0.3) is 11.1 Å². The molecule has 0 N–H and O–H groups in total. The van der Waals surface area contributed by atoms with Crippen molar-refractivity contribution < 1.29 is 0 Å². The quantitative estimate of drug-likeness (QED) is 0.540. The van der Waals surface area contributed by atoms with Crippen LogP contribution in [0.1, 0.15) is 45.4 Å². The molecule has 0 amide bonds. The maximum absolute atomic E-state index is 2.32. The van der Waals surface area contributed by atoms with E-state index in [0.29, 0.717) is 0 Å². The van der Waals surface area contributed by atoms with Crippen LogP contribution in [-0.2, 0) is 0 Å². The third-order valence-corrected chi connectivity index (χ3v) is 4.31. The Bertz CT molecular complexity index is 481. The van der Waals surface area contributed by atoms with Gasteiger partial charge in [0.15, 0.2) is 0 Å². The second-order valence-electron chi connectivity index (χ2n) is 6.04. The van der Waals surface area contributed by atoms with Crippen molar-refractivity contribution >= 4 is 0 Å². The van der Waals surface area contributed by atoms with Gasteiger partial charge in [-0.05, 0) is 30.4 Å². The van der Waals surface area contributed by atoms with Crippen molar-refractivity contribution in [3.8, 4) is 11.1 Å². The van der Waals surface area contributed by atoms with Gasteiger partial charge in [-0.25, -0.2) is 0 Å². The largest absolute Gasteiger partial charge is 0.0917 e. The summed E-state index contributed by atoms with van der Waals surface area (Å²) < 4.78 is 0. The highest BCUT2D eigenvalue weighted by Crippen LogP contribution is 2.26. The molecule has 2 aromatic rings. The van der Waals surface area contributed by atoms with Crippen LogP contribution < -0.4 is 0 Å². The maximum atomic E-state index is 2.32. The highest BCUT2D eigenvalue weighted by Gasteiger charge is 2.10. The van der Waals surface area contributed by atoms with E-state index in [4.69, 9.17) is 0 Å². The first kappa shape index (κ1) is 16.5. The van der Waals surface area contributed by atoms with Crippen LogP contribution in [0.5, 0.6) is 0 Å². The van der Waals surface area contributed by atoms with E-state index in [1.54, 1.807) is 0 Å². The zero-order valence-corrected chi connectivity index (χ0v) is 13.7. The Morgan fingerprint density at radius 1 is 0.773 bits per heavy atom. The Morgan fingerprint density at radius 2 is 1.27 bits per heavy atom. The zero-order valence-electron chi connectivity index (χ0n) is 13.7. The summed E-state index contributed by atoms with van der Waals surface area (Å²) in [6, 6.07) is 20.8. The molecular weight excluding hydrogens is 264 g/mol. The van der Waals surface area contributed by atoms with E-state index in [1.807, 2.05) is 12.1 Å². The van der Waals surface area contributed by atoms with Crippen molar-refractivity contribution in [1.82, 2.24) is 0 Å². The predicted octanol–water partition coefficient (Wildman–Crippen LogP) is 6.89. The van der Waals surface area contributed by atoms with E-state index in [-0.39, 0.29) is 0 Å². The lowest BCUT2D eigenvalue weighted by molar-refractivity contribution is 0.361. The van der Waals surface area contributed by atoms with Crippen molar-refractivity contribution in [2.45, 2.75) is 45.4 Å². The summed E-state index contributed by atoms with van der Waals surface area (Å²) in [7, 11) is 0. The van der Waals surface area contributed by atoms with Gasteiger partial charge in [-0.2, -0.15) is 0 Å². The fraction of sp³-hybridized carbons (Fsp3) is 0.364. The minimum atomic E-state index is 1.02. The van der Waals surface area contributed by atoms with Gasteiger partial charge in [0, 0.05) is 0 Å². The highest BCUT2D eigenvalue weighted by atomic mass is 14.2. The normalized spacial score (nSPS) is 15.3. The molecule has 3 rings (SSSR count). The SMILES string of the molecule is CC=CCC1CCCCC1.c1ccc(-c2ccccc2)cc1. The maximum Gasteiger partial charge on any atom is -0.0184 e. The number of hydrogen-bond donors (Lipinski definition) is 0. The predicted molar refractivity (Wildman–Crippen MR) is 97.9 cm³/mol. The number of rotatable bonds is 3. The summed E-state index contributed by atoms with van der Waals surface area (Å²) in [6.07, 6.45) is 13.2. The minimum Gasteiger partial charge on any atom is -0.0917 e. The summed E-state index contributed by atoms with van der Waals surface area (Å²) in [5.41, 5.74) is 2.55. The van der Waals surface area contributed by atoms with Crippen molar-refractivity contribution in [2.75, 3.05) is 0 Å². The molecule has 1 saturated carbocycles. The molecule has 0 aromatic heterocycles. The summed E-state index contributed by atoms with van der Waals surface area (Å²) in [5, 5.41) is 0. The van der Waals surface area contributed by atoms with E-state index in [1.165, 1.54) is 49.7 Å². The van der Waals surface area contributed by atoms with E-state index in [2.05, 4.69) is 67.6 Å². The average Bonchev–Trinajstić information content (AvgIpc) is 2.63. The molecule has 0 bridgehead atoms. The van der Waals surface area contributed by atoms with Crippen LogP contribution in [0.2, 0.25) is 0 Å². The second-order valence-corrected chi connectivity index (χ2v) is 6.04. The molecule has 0 spiro atoms. The van der Waals surface area contributed by atoms with Gasteiger partial charge >= 0.3 is 0 Å². The summed E-state index contributed by atoms with van der Waals surface area (Å²) in [4.78, 5) is 0. The Labute approximate surface area is 135 Å². The van der Waals surface area contributed by atoms with Crippen molar-refractivity contribution in [2.24, 2.45) is 5.92 Å². The molecule has 2 aromatic carbocycles. The Balaban J connectivity index is 0.000000164. The topological polar surface area (TPSA) is 0 Å². The number of benzene rings is 2. The molecular formula is C22H28. The molecule has 0 aliphatic heterocycles. The van der Waals surface area contributed by atoms with Crippen LogP contribution in [0.15, 0.2) is 72.8 Å². The van der Waals surface area contributed by atoms with E-state index < -0.39 is 0 Å². The van der Waals surface area contributed by atoms with Gasteiger partial charge in [-0.3, -0.25) is 0 Å². The summed E-state index contributed by atoms with van der Waals surface area (Å²) in [6.45, 7) is 2.11. The molecule has 1 aliphatic rings. The monoisotopic (exact) mass is 292 g/mol. The number of hydrogen-bond acceptors (Lipinski definition) is 0. The molecule has 0 unspecified atom stereocenters. The first-order valence-electron chi connectivity index (χ1n) is 8.62. The molecule has 1 aliphatic carbocycles. The molecule has 0 saturated heterocycles. The fourth-order valence-corrected chi connectivity index (χ4v) is 3.01. The van der Waals surface area contributed by atoms with E-state index >= 15 is 0 Å². The Morgan fingerprint density at radius 3 is 1.73 bits per heavy atom. The molecule has 22 heavy (non-hydrogen) atoms. The van der Waals surface area contributed by atoms with Crippen molar-refractivity contribution in [3.63, 3.8) is 0 Å². The molecule has 0 heteroatoms. The van der Waals surface area contributed by atoms with Gasteiger partial charge in [0.2, 0.25) is 0 Å². The lowest BCUT2D eigenvalue weighted by atomic mass is 9.87. The van der Waals surface area contributed by atoms with Crippen molar-refractivity contribution in [3.05, 3.63) is 72.8 Å². The fourth-order valence-electron chi connectivity index (χ4n) is 3.01.